The van der Waals surface area contributed by atoms with E-state index in [1.807, 2.05) is 6.92 Å². The lowest BCUT2D eigenvalue weighted by molar-refractivity contribution is -0.192. The van der Waals surface area contributed by atoms with Crippen LogP contribution in [0.5, 0.6) is 0 Å². The van der Waals surface area contributed by atoms with Gasteiger partial charge in [-0.2, -0.15) is 13.2 Å². The molecule has 1 unspecified atom stereocenters. The highest BCUT2D eigenvalue weighted by Crippen LogP contribution is 2.15. The Balaban J connectivity index is 0. The highest BCUT2D eigenvalue weighted by Gasteiger charge is 2.38. The number of aliphatic carboxylic acids is 1. The predicted molar refractivity (Wildman–Crippen MR) is 46.8 cm³/mol. The molecule has 0 aromatic rings. The topological polar surface area (TPSA) is 63.3 Å². The Morgan fingerprint density at radius 2 is 1.43 bits per heavy atom. The molecule has 0 spiro atoms. The molecule has 0 aromatic carbocycles. The maximum absolute atomic E-state index is 10.6. The molecule has 0 saturated heterocycles. The van der Waals surface area contributed by atoms with Crippen molar-refractivity contribution in [2.75, 3.05) is 0 Å². The van der Waals surface area contributed by atoms with Crippen LogP contribution < -0.4 is 5.73 Å². The van der Waals surface area contributed by atoms with E-state index in [0.29, 0.717) is 6.04 Å². The van der Waals surface area contributed by atoms with Gasteiger partial charge < -0.3 is 10.8 Å². The quantitative estimate of drug-likeness (QED) is 0.649. The second kappa shape index (κ2) is 5.19. The van der Waals surface area contributed by atoms with Crippen LogP contribution in [0.4, 0.5) is 13.2 Å². The van der Waals surface area contributed by atoms with Gasteiger partial charge in [-0.25, -0.2) is 4.79 Å². The number of nitrogens with two attached hydrogens (primary N) is 1. The molecule has 0 fully saturated rings. The average molecular weight is 215 g/mol. The number of carbonyl (C=O) groups is 1. The Hall–Kier alpha value is -0.780. The maximum atomic E-state index is 10.6. The fraction of sp³-hybridized carbons (Fsp3) is 0.875. The molecule has 3 nitrogen and oxygen atoms in total. The van der Waals surface area contributed by atoms with Gasteiger partial charge in [0.2, 0.25) is 0 Å². The third-order valence-corrected chi connectivity index (χ3v) is 1.61. The number of halogens is 3. The lowest BCUT2D eigenvalue weighted by Crippen LogP contribution is -2.31. The zero-order chi connectivity index (χ0) is 12.2. The standard InChI is InChI=1S/C6H15N.C2HF3O2/c1-5(7)6(2,3)4;3-2(4,5)1(6)7/h5H,7H2,1-4H3;(H,6,7). The summed E-state index contributed by atoms with van der Waals surface area (Å²) in [5.41, 5.74) is 5.85. The van der Waals surface area contributed by atoms with Crippen LogP contribution in [-0.2, 0) is 4.79 Å². The number of hydrogen-bond donors (Lipinski definition) is 2. The molecule has 86 valence electrons. The van der Waals surface area contributed by atoms with E-state index < -0.39 is 12.1 Å². The Labute approximate surface area is 81.1 Å². The molecule has 0 aliphatic rings. The minimum absolute atomic E-state index is 0.278. The Kier molecular flexibility index (Phi) is 5.81. The van der Waals surface area contributed by atoms with Crippen molar-refractivity contribution in [3.63, 3.8) is 0 Å². The number of carboxylic acid groups (broad SMARTS) is 1. The van der Waals surface area contributed by atoms with Gasteiger partial charge in [-0.15, -0.1) is 0 Å². The number of alkyl halides is 3. The Bertz CT molecular complexity index is 182. The van der Waals surface area contributed by atoms with Crippen LogP contribution in [0.2, 0.25) is 0 Å². The van der Waals surface area contributed by atoms with Crippen LogP contribution >= 0.6 is 0 Å². The fourth-order valence-corrected chi connectivity index (χ4v) is 0. The molecule has 6 heteroatoms. The van der Waals surface area contributed by atoms with Gasteiger partial charge in [0.25, 0.3) is 0 Å². The third-order valence-electron chi connectivity index (χ3n) is 1.61. The summed E-state index contributed by atoms with van der Waals surface area (Å²) in [5, 5.41) is 7.12. The van der Waals surface area contributed by atoms with Gasteiger partial charge in [-0.3, -0.25) is 0 Å². The highest BCUT2D eigenvalue weighted by molar-refractivity contribution is 5.73. The molecule has 0 radical (unpaired) electrons. The molecular formula is C8H16F3NO2. The SMILES string of the molecule is CC(N)C(C)(C)C.O=C(O)C(F)(F)F. The predicted octanol–water partition coefficient (Wildman–Crippen LogP) is 2.01. The van der Waals surface area contributed by atoms with E-state index in [1.54, 1.807) is 0 Å². The summed E-state index contributed by atoms with van der Waals surface area (Å²) in [5.74, 6) is -2.76. The van der Waals surface area contributed by atoms with Crippen molar-refractivity contribution in [3.8, 4) is 0 Å². The normalized spacial score (nSPS) is 14.0. The average Bonchev–Trinajstić information content (AvgIpc) is 1.83. The first-order valence-electron chi connectivity index (χ1n) is 3.94. The van der Waals surface area contributed by atoms with Gasteiger partial charge in [0.15, 0.2) is 0 Å². The Morgan fingerprint density at radius 3 is 1.43 bits per heavy atom. The maximum Gasteiger partial charge on any atom is 0.490 e. The summed E-state index contributed by atoms with van der Waals surface area (Å²) in [7, 11) is 0. The molecule has 0 aliphatic heterocycles. The van der Waals surface area contributed by atoms with E-state index in [2.05, 4.69) is 20.8 Å². The summed E-state index contributed by atoms with van der Waals surface area (Å²) in [6.45, 7) is 8.44. The summed E-state index contributed by atoms with van der Waals surface area (Å²) < 4.78 is 31.7. The van der Waals surface area contributed by atoms with Gasteiger partial charge in [0, 0.05) is 6.04 Å². The van der Waals surface area contributed by atoms with Gasteiger partial charge in [-0.05, 0) is 12.3 Å². The smallest absolute Gasteiger partial charge is 0.475 e. The first kappa shape index (κ1) is 15.7. The first-order valence-corrected chi connectivity index (χ1v) is 3.94. The molecule has 3 N–H and O–H groups in total. The number of rotatable bonds is 0. The first-order chi connectivity index (χ1) is 5.89. The number of carboxylic acids is 1. The van der Waals surface area contributed by atoms with Crippen LogP contribution in [0, 0.1) is 5.41 Å². The Morgan fingerprint density at radius 1 is 1.29 bits per heavy atom. The van der Waals surface area contributed by atoms with Gasteiger partial charge in [0.1, 0.15) is 0 Å². The van der Waals surface area contributed by atoms with Crippen molar-refractivity contribution < 1.29 is 23.1 Å². The third kappa shape index (κ3) is 9.31. The van der Waals surface area contributed by atoms with E-state index in [4.69, 9.17) is 15.6 Å². The molecule has 0 aromatic heterocycles. The summed E-state index contributed by atoms with van der Waals surface area (Å²) in [6.07, 6.45) is -5.08. The molecule has 1 atom stereocenters. The fourth-order valence-electron chi connectivity index (χ4n) is 0. The molecule has 0 aliphatic carbocycles. The zero-order valence-corrected chi connectivity index (χ0v) is 8.64. The zero-order valence-electron chi connectivity index (χ0n) is 8.64. The van der Waals surface area contributed by atoms with Crippen LogP contribution in [0.1, 0.15) is 27.7 Å². The lowest BCUT2D eigenvalue weighted by atomic mass is 9.89. The van der Waals surface area contributed by atoms with Gasteiger partial charge in [0.05, 0.1) is 0 Å². The molecular weight excluding hydrogens is 199 g/mol. The monoisotopic (exact) mass is 215 g/mol. The highest BCUT2D eigenvalue weighted by atomic mass is 19.4. The van der Waals surface area contributed by atoms with Crippen LogP contribution in [0.3, 0.4) is 0 Å². The molecule has 0 amide bonds. The van der Waals surface area contributed by atoms with Crippen molar-refractivity contribution in [3.05, 3.63) is 0 Å². The largest absolute Gasteiger partial charge is 0.490 e. The van der Waals surface area contributed by atoms with E-state index in [9.17, 15) is 13.2 Å². The van der Waals surface area contributed by atoms with Crippen molar-refractivity contribution in [2.24, 2.45) is 11.1 Å². The molecule has 0 bridgehead atoms. The molecule has 0 saturated carbocycles. The van der Waals surface area contributed by atoms with E-state index >= 15 is 0 Å². The molecule has 0 heterocycles. The van der Waals surface area contributed by atoms with E-state index in [1.165, 1.54) is 0 Å². The van der Waals surface area contributed by atoms with Crippen LogP contribution in [0.25, 0.3) is 0 Å². The lowest BCUT2D eigenvalue weighted by Gasteiger charge is -2.22. The summed E-state index contributed by atoms with van der Waals surface area (Å²) in [6, 6.07) is 0.299. The summed E-state index contributed by atoms with van der Waals surface area (Å²) >= 11 is 0. The van der Waals surface area contributed by atoms with Crippen molar-refractivity contribution in [1.82, 2.24) is 0 Å². The van der Waals surface area contributed by atoms with E-state index in [0.717, 1.165) is 0 Å². The minimum Gasteiger partial charge on any atom is -0.475 e. The molecule has 14 heavy (non-hydrogen) atoms. The summed E-state index contributed by atoms with van der Waals surface area (Å²) in [4.78, 5) is 8.90. The van der Waals surface area contributed by atoms with Gasteiger partial charge >= 0.3 is 12.1 Å². The van der Waals surface area contributed by atoms with E-state index in [-0.39, 0.29) is 5.41 Å². The van der Waals surface area contributed by atoms with Crippen LogP contribution in [0.15, 0.2) is 0 Å². The second-order valence-corrected chi connectivity index (χ2v) is 3.96. The minimum atomic E-state index is -5.08. The van der Waals surface area contributed by atoms with Crippen molar-refractivity contribution >= 4 is 5.97 Å². The number of hydrogen-bond acceptors (Lipinski definition) is 2. The van der Waals surface area contributed by atoms with Crippen molar-refractivity contribution in [1.29, 1.82) is 0 Å². The van der Waals surface area contributed by atoms with Gasteiger partial charge in [-0.1, -0.05) is 20.8 Å². The molecule has 0 rings (SSSR count). The van der Waals surface area contributed by atoms with Crippen molar-refractivity contribution in [2.45, 2.75) is 39.9 Å². The van der Waals surface area contributed by atoms with Crippen LogP contribution in [-0.4, -0.2) is 23.3 Å². The second-order valence-electron chi connectivity index (χ2n) is 3.96.